The van der Waals surface area contributed by atoms with Gasteiger partial charge in [0.25, 0.3) is 0 Å². The summed E-state index contributed by atoms with van der Waals surface area (Å²) >= 11 is 0. The van der Waals surface area contributed by atoms with Gasteiger partial charge in [-0.2, -0.15) is 4.52 Å². The molecule has 0 spiro atoms. The molecule has 0 saturated heterocycles. The molecule has 84 valence electrons. The number of nitrogens with zero attached hydrogens (tertiary/aromatic N) is 4. The molecule has 5 heteroatoms. The van der Waals surface area contributed by atoms with Crippen molar-refractivity contribution < 1.29 is 0 Å². The van der Waals surface area contributed by atoms with Crippen LogP contribution >= 0.6 is 0 Å². The molecule has 1 aromatic carbocycles. The van der Waals surface area contributed by atoms with Crippen LogP contribution in [0.25, 0.3) is 17.0 Å². The van der Waals surface area contributed by atoms with Crippen LogP contribution in [0.5, 0.6) is 0 Å². The highest BCUT2D eigenvalue weighted by Crippen LogP contribution is 2.14. The van der Waals surface area contributed by atoms with Gasteiger partial charge in [-0.3, -0.25) is 0 Å². The maximum absolute atomic E-state index is 11.8. The molecule has 2 heterocycles. The van der Waals surface area contributed by atoms with Gasteiger partial charge in [0.1, 0.15) is 0 Å². The Hall–Kier alpha value is -2.43. The van der Waals surface area contributed by atoms with E-state index in [1.807, 2.05) is 30.3 Å². The Bertz CT molecular complexity index is 727. The van der Waals surface area contributed by atoms with E-state index in [0.717, 1.165) is 5.56 Å². The molecule has 5 nitrogen and oxygen atoms in total. The zero-order chi connectivity index (χ0) is 11.8. The number of fused-ring (bicyclic) bond motifs is 1. The van der Waals surface area contributed by atoms with Gasteiger partial charge in [-0.05, 0) is 6.07 Å². The van der Waals surface area contributed by atoms with Gasteiger partial charge >= 0.3 is 5.69 Å². The fourth-order valence-corrected chi connectivity index (χ4v) is 1.67. The quantitative estimate of drug-likeness (QED) is 0.624. The van der Waals surface area contributed by atoms with Gasteiger partial charge in [0, 0.05) is 18.8 Å². The number of hydrogen-bond acceptors (Lipinski definition) is 3. The predicted molar refractivity (Wildman–Crippen MR) is 63.7 cm³/mol. The van der Waals surface area contributed by atoms with Crippen LogP contribution in [0.2, 0.25) is 0 Å². The first kappa shape index (κ1) is 9.77. The molecule has 0 atom stereocenters. The summed E-state index contributed by atoms with van der Waals surface area (Å²) in [5, 5.41) is 4.22. The monoisotopic (exact) mass is 226 g/mol. The van der Waals surface area contributed by atoms with Gasteiger partial charge < -0.3 is 4.57 Å². The molecule has 17 heavy (non-hydrogen) atoms. The molecule has 0 aliphatic heterocycles. The number of aryl methyl sites for hydroxylation is 1. The van der Waals surface area contributed by atoms with Crippen LogP contribution in [-0.4, -0.2) is 19.2 Å². The molecule has 0 aliphatic rings. The molecule has 0 unspecified atom stereocenters. The van der Waals surface area contributed by atoms with E-state index in [9.17, 15) is 4.79 Å². The third kappa shape index (κ3) is 1.52. The third-order valence-electron chi connectivity index (χ3n) is 2.59. The lowest BCUT2D eigenvalue weighted by molar-refractivity contribution is 0.745. The van der Waals surface area contributed by atoms with E-state index in [2.05, 4.69) is 10.1 Å². The lowest BCUT2D eigenvalue weighted by atomic mass is 10.2. The molecule has 0 saturated carbocycles. The summed E-state index contributed by atoms with van der Waals surface area (Å²) in [5.41, 5.74) is 1.27. The number of benzene rings is 1. The van der Waals surface area contributed by atoms with Crippen molar-refractivity contribution in [3.8, 4) is 11.4 Å². The smallest absolute Gasteiger partial charge is 0.302 e. The summed E-state index contributed by atoms with van der Waals surface area (Å²) in [5.74, 6) is 0.564. The fraction of sp³-hybridized carbons (Fsp3) is 0.0833. The Morgan fingerprint density at radius 2 is 1.88 bits per heavy atom. The maximum atomic E-state index is 11.8. The number of rotatable bonds is 1. The topological polar surface area (TPSA) is 52.2 Å². The summed E-state index contributed by atoms with van der Waals surface area (Å²) in [6.45, 7) is 0. The largest absolute Gasteiger partial charge is 0.350 e. The average molecular weight is 226 g/mol. The second-order valence-electron chi connectivity index (χ2n) is 3.78. The molecule has 0 radical (unpaired) electrons. The van der Waals surface area contributed by atoms with Crippen LogP contribution in [0.3, 0.4) is 0 Å². The second-order valence-corrected chi connectivity index (χ2v) is 3.78. The highest BCUT2D eigenvalue weighted by Gasteiger charge is 2.08. The van der Waals surface area contributed by atoms with Crippen molar-refractivity contribution in [3.63, 3.8) is 0 Å². The first-order valence-corrected chi connectivity index (χ1v) is 5.23. The van der Waals surface area contributed by atoms with Crippen LogP contribution < -0.4 is 5.69 Å². The van der Waals surface area contributed by atoms with Crippen LogP contribution in [0.4, 0.5) is 0 Å². The lowest BCUT2D eigenvalue weighted by Crippen LogP contribution is -2.24. The zero-order valence-corrected chi connectivity index (χ0v) is 9.24. The SMILES string of the molecule is Cn1ccc2nc(-c3ccccc3)nn2c1=O. The van der Waals surface area contributed by atoms with Crippen molar-refractivity contribution in [1.29, 1.82) is 0 Å². The Morgan fingerprint density at radius 1 is 1.12 bits per heavy atom. The first-order valence-electron chi connectivity index (χ1n) is 5.23. The van der Waals surface area contributed by atoms with Crippen molar-refractivity contribution in [2.24, 2.45) is 7.05 Å². The van der Waals surface area contributed by atoms with E-state index in [4.69, 9.17) is 0 Å². The Kier molecular flexibility index (Phi) is 2.04. The third-order valence-corrected chi connectivity index (χ3v) is 2.59. The van der Waals surface area contributed by atoms with Crippen molar-refractivity contribution in [2.45, 2.75) is 0 Å². The number of hydrogen-bond donors (Lipinski definition) is 0. The lowest BCUT2D eigenvalue weighted by Gasteiger charge is -1.94. The van der Waals surface area contributed by atoms with E-state index in [1.54, 1.807) is 19.3 Å². The van der Waals surface area contributed by atoms with Crippen molar-refractivity contribution in [3.05, 3.63) is 53.1 Å². The molecular weight excluding hydrogens is 216 g/mol. The van der Waals surface area contributed by atoms with Gasteiger partial charge in [-0.1, -0.05) is 30.3 Å². The summed E-state index contributed by atoms with van der Waals surface area (Å²) in [4.78, 5) is 16.1. The van der Waals surface area contributed by atoms with E-state index < -0.39 is 0 Å². The normalized spacial score (nSPS) is 10.9. The minimum absolute atomic E-state index is 0.197. The van der Waals surface area contributed by atoms with Gasteiger partial charge in [0.05, 0.1) is 0 Å². The molecule has 0 amide bonds. The van der Waals surface area contributed by atoms with Gasteiger partial charge in [0.15, 0.2) is 11.5 Å². The molecule has 0 bridgehead atoms. The molecule has 0 N–H and O–H groups in total. The Morgan fingerprint density at radius 3 is 2.65 bits per heavy atom. The molecular formula is C12H10N4O. The minimum Gasteiger partial charge on any atom is -0.302 e. The highest BCUT2D eigenvalue weighted by atomic mass is 16.1. The number of aromatic nitrogens is 4. The molecule has 0 aliphatic carbocycles. The fourth-order valence-electron chi connectivity index (χ4n) is 1.67. The van der Waals surface area contributed by atoms with Crippen molar-refractivity contribution in [1.82, 2.24) is 19.2 Å². The van der Waals surface area contributed by atoms with E-state index in [1.165, 1.54) is 9.08 Å². The van der Waals surface area contributed by atoms with Crippen molar-refractivity contribution >= 4 is 5.65 Å². The summed E-state index contributed by atoms with van der Waals surface area (Å²) < 4.78 is 2.78. The Balaban J connectivity index is 2.28. The maximum Gasteiger partial charge on any atom is 0.350 e. The van der Waals surface area contributed by atoms with E-state index in [0.29, 0.717) is 11.5 Å². The second kappa shape index (κ2) is 3.55. The zero-order valence-electron chi connectivity index (χ0n) is 9.24. The van der Waals surface area contributed by atoms with Crippen LogP contribution in [-0.2, 0) is 7.05 Å². The standard InChI is InChI=1S/C12H10N4O/c1-15-8-7-10-13-11(14-16(10)12(15)17)9-5-3-2-4-6-9/h2-8H,1H3. The first-order chi connectivity index (χ1) is 8.25. The summed E-state index contributed by atoms with van der Waals surface area (Å²) in [6, 6.07) is 11.4. The van der Waals surface area contributed by atoms with Gasteiger partial charge in [-0.25, -0.2) is 9.78 Å². The van der Waals surface area contributed by atoms with Crippen LogP contribution in [0.15, 0.2) is 47.4 Å². The van der Waals surface area contributed by atoms with Crippen LogP contribution in [0.1, 0.15) is 0 Å². The molecule has 2 aromatic heterocycles. The highest BCUT2D eigenvalue weighted by molar-refractivity contribution is 5.57. The van der Waals surface area contributed by atoms with Crippen LogP contribution in [0, 0.1) is 0 Å². The van der Waals surface area contributed by atoms with Crippen molar-refractivity contribution in [2.75, 3.05) is 0 Å². The molecule has 0 fully saturated rings. The molecule has 3 rings (SSSR count). The van der Waals surface area contributed by atoms with E-state index >= 15 is 0 Å². The Labute approximate surface area is 97.0 Å². The summed E-state index contributed by atoms with van der Waals surface area (Å²) in [6.07, 6.45) is 1.68. The van der Waals surface area contributed by atoms with E-state index in [-0.39, 0.29) is 5.69 Å². The van der Waals surface area contributed by atoms with Gasteiger partial charge in [0.2, 0.25) is 0 Å². The molecule has 3 aromatic rings. The minimum atomic E-state index is -0.197. The van der Waals surface area contributed by atoms with Gasteiger partial charge in [-0.15, -0.1) is 5.10 Å². The average Bonchev–Trinajstić information content (AvgIpc) is 2.80. The summed E-state index contributed by atoms with van der Waals surface area (Å²) in [7, 11) is 1.69. The predicted octanol–water partition coefficient (Wildman–Crippen LogP) is 1.09.